The van der Waals surface area contributed by atoms with Crippen LogP contribution in [0.4, 0.5) is 11.5 Å². The highest BCUT2D eigenvalue weighted by Gasteiger charge is 2.29. The first-order valence-electron chi connectivity index (χ1n) is 13.7. The fourth-order valence-corrected chi connectivity index (χ4v) is 6.00. The van der Waals surface area contributed by atoms with Crippen molar-refractivity contribution in [3.63, 3.8) is 0 Å². The third kappa shape index (κ3) is 4.29. The van der Waals surface area contributed by atoms with Gasteiger partial charge in [0, 0.05) is 44.7 Å². The summed E-state index contributed by atoms with van der Waals surface area (Å²) in [4.78, 5) is 43.3. The molecule has 11 nitrogen and oxygen atoms in total. The Bertz CT molecular complexity index is 1840. The Balaban J connectivity index is 1.26. The van der Waals surface area contributed by atoms with E-state index >= 15 is 0 Å². The molecule has 4 aromatic heterocycles. The van der Waals surface area contributed by atoms with E-state index in [2.05, 4.69) is 31.6 Å². The van der Waals surface area contributed by atoms with Crippen molar-refractivity contribution in [3.05, 3.63) is 71.4 Å². The van der Waals surface area contributed by atoms with Crippen LogP contribution in [0, 0.1) is 0 Å². The Morgan fingerprint density at radius 1 is 1.12 bits per heavy atom. The maximum Gasteiger partial charge on any atom is 0.254 e. The number of nitrogens with one attached hydrogen (secondary N) is 2. The SMILES string of the molecule is CN(C)Cc1nc(Nc2ccc(-c3cnc4cnc5occc5n34)c3c2C(=O)NC3)ccc1[C@@H]1CCN(C)C(=O)C1. The van der Waals surface area contributed by atoms with Crippen molar-refractivity contribution in [2.24, 2.45) is 0 Å². The van der Waals surface area contributed by atoms with Crippen LogP contribution in [0.2, 0.25) is 0 Å². The lowest BCUT2D eigenvalue weighted by atomic mass is 9.88. The lowest BCUT2D eigenvalue weighted by Gasteiger charge is -2.30. The van der Waals surface area contributed by atoms with Crippen LogP contribution < -0.4 is 10.6 Å². The van der Waals surface area contributed by atoms with Gasteiger partial charge >= 0.3 is 0 Å². The van der Waals surface area contributed by atoms with Crippen LogP contribution in [0.25, 0.3) is 28.1 Å². The lowest BCUT2D eigenvalue weighted by Crippen LogP contribution is -2.35. The molecule has 0 bridgehead atoms. The summed E-state index contributed by atoms with van der Waals surface area (Å²) in [6.07, 6.45) is 6.49. The quantitative estimate of drug-likeness (QED) is 0.326. The molecule has 0 aliphatic carbocycles. The van der Waals surface area contributed by atoms with E-state index in [1.165, 1.54) is 0 Å². The Hall–Kier alpha value is -4.77. The average Bonchev–Trinajstić information content (AvgIpc) is 3.69. The van der Waals surface area contributed by atoms with E-state index in [0.717, 1.165) is 46.6 Å². The van der Waals surface area contributed by atoms with Gasteiger partial charge in [-0.3, -0.25) is 14.0 Å². The molecule has 5 aromatic rings. The monoisotopic (exact) mass is 550 g/mol. The van der Waals surface area contributed by atoms with E-state index in [1.54, 1.807) is 23.6 Å². The maximum atomic E-state index is 13.1. The lowest BCUT2D eigenvalue weighted by molar-refractivity contribution is -0.132. The highest BCUT2D eigenvalue weighted by molar-refractivity contribution is 6.06. The molecule has 1 saturated heterocycles. The molecule has 0 unspecified atom stereocenters. The normalized spacial score (nSPS) is 17.1. The van der Waals surface area contributed by atoms with Gasteiger partial charge in [0.25, 0.3) is 5.91 Å². The first kappa shape index (κ1) is 25.2. The van der Waals surface area contributed by atoms with Crippen LogP contribution in [0.3, 0.4) is 0 Å². The van der Waals surface area contributed by atoms with Gasteiger partial charge < -0.3 is 24.9 Å². The minimum Gasteiger partial charge on any atom is -0.445 e. The predicted molar refractivity (Wildman–Crippen MR) is 154 cm³/mol. The number of benzene rings is 1. The third-order valence-electron chi connectivity index (χ3n) is 8.03. The van der Waals surface area contributed by atoms with Crippen LogP contribution in [-0.2, 0) is 17.9 Å². The minimum absolute atomic E-state index is 0.136. The second-order valence-electron chi connectivity index (χ2n) is 11.0. The molecule has 1 atom stereocenters. The van der Waals surface area contributed by atoms with Gasteiger partial charge in [-0.25, -0.2) is 15.0 Å². The van der Waals surface area contributed by atoms with Gasteiger partial charge in [0.1, 0.15) is 11.3 Å². The number of carbonyl (C=O) groups excluding carboxylic acids is 2. The van der Waals surface area contributed by atoms with Crippen molar-refractivity contribution in [2.45, 2.75) is 31.8 Å². The van der Waals surface area contributed by atoms with Gasteiger partial charge in [0.2, 0.25) is 11.6 Å². The first-order chi connectivity index (χ1) is 19.9. The third-order valence-corrected chi connectivity index (χ3v) is 8.03. The van der Waals surface area contributed by atoms with E-state index in [4.69, 9.17) is 9.40 Å². The maximum absolute atomic E-state index is 13.1. The summed E-state index contributed by atoms with van der Waals surface area (Å²) in [6.45, 7) is 1.80. The molecular weight excluding hydrogens is 520 g/mol. The Labute approximate surface area is 236 Å². The number of imidazole rings is 1. The Morgan fingerprint density at radius 3 is 2.83 bits per heavy atom. The molecular formula is C30H30N8O3. The number of carbonyl (C=O) groups is 2. The predicted octanol–water partition coefficient (Wildman–Crippen LogP) is 3.92. The minimum atomic E-state index is -0.136. The molecule has 2 amide bonds. The molecule has 11 heteroatoms. The fraction of sp³-hybridized carbons (Fsp3) is 0.300. The molecule has 7 rings (SSSR count). The van der Waals surface area contributed by atoms with Gasteiger partial charge in [-0.15, -0.1) is 0 Å². The molecule has 1 aromatic carbocycles. The van der Waals surface area contributed by atoms with Crippen molar-refractivity contribution < 1.29 is 14.0 Å². The van der Waals surface area contributed by atoms with E-state index in [-0.39, 0.29) is 17.7 Å². The fourth-order valence-electron chi connectivity index (χ4n) is 6.00. The zero-order chi connectivity index (χ0) is 28.2. The Kier molecular flexibility index (Phi) is 5.97. The second-order valence-corrected chi connectivity index (χ2v) is 11.0. The summed E-state index contributed by atoms with van der Waals surface area (Å²) in [5.74, 6) is 0.826. The summed E-state index contributed by atoms with van der Waals surface area (Å²) in [5.41, 5.74) is 8.02. The van der Waals surface area contributed by atoms with E-state index < -0.39 is 0 Å². The first-order valence-corrected chi connectivity index (χ1v) is 13.7. The second kappa shape index (κ2) is 9.70. The molecule has 6 heterocycles. The zero-order valence-electron chi connectivity index (χ0n) is 23.1. The van der Waals surface area contributed by atoms with Crippen molar-refractivity contribution in [3.8, 4) is 11.3 Å². The van der Waals surface area contributed by atoms with Gasteiger partial charge in [-0.05, 0) is 49.7 Å². The number of aromatic nitrogens is 4. The molecule has 1 fully saturated rings. The van der Waals surface area contributed by atoms with Gasteiger partial charge in [0.15, 0.2) is 5.65 Å². The molecule has 41 heavy (non-hydrogen) atoms. The van der Waals surface area contributed by atoms with Crippen molar-refractivity contribution >= 4 is 40.2 Å². The molecule has 0 radical (unpaired) electrons. The van der Waals surface area contributed by atoms with Gasteiger partial charge in [-0.1, -0.05) is 12.1 Å². The Morgan fingerprint density at radius 2 is 2.00 bits per heavy atom. The average molecular weight is 551 g/mol. The topological polar surface area (TPSA) is 121 Å². The summed E-state index contributed by atoms with van der Waals surface area (Å²) in [5, 5.41) is 6.41. The van der Waals surface area contributed by atoms with Crippen molar-refractivity contribution in [1.82, 2.24) is 34.5 Å². The van der Waals surface area contributed by atoms with Crippen molar-refractivity contribution in [1.29, 1.82) is 0 Å². The number of anilines is 2. The molecule has 0 saturated carbocycles. The standard InChI is InChI=1S/C30H30N8O3/c1-36(2)16-22-18(17-8-10-37(3)27(39)12-17)5-7-25(35-22)34-21-6-4-19(20-13-32-29(40)28(20)21)24-14-31-26-15-33-30-23(38(24)26)9-11-41-30/h4-7,9,11,14-15,17H,8,10,12-13,16H2,1-3H3,(H,32,40)(H,34,35)/t17-/m1/s1. The summed E-state index contributed by atoms with van der Waals surface area (Å²) in [7, 11) is 5.87. The number of rotatable bonds is 6. The highest BCUT2D eigenvalue weighted by atomic mass is 16.3. The van der Waals surface area contributed by atoms with E-state index in [1.807, 2.05) is 49.8 Å². The number of amides is 2. The number of piperidine rings is 1. The highest BCUT2D eigenvalue weighted by Crippen LogP contribution is 2.37. The number of hydrogen-bond donors (Lipinski definition) is 2. The zero-order valence-corrected chi connectivity index (χ0v) is 23.1. The molecule has 2 aliphatic rings. The molecule has 2 N–H and O–H groups in total. The number of hydrogen-bond acceptors (Lipinski definition) is 8. The van der Waals surface area contributed by atoms with Crippen LogP contribution in [0.1, 0.15) is 45.9 Å². The summed E-state index contributed by atoms with van der Waals surface area (Å²) >= 11 is 0. The number of likely N-dealkylation sites (tertiary alicyclic amines) is 1. The molecule has 2 aliphatic heterocycles. The van der Waals surface area contributed by atoms with Crippen molar-refractivity contribution in [2.75, 3.05) is 33.0 Å². The number of pyridine rings is 1. The van der Waals surface area contributed by atoms with Gasteiger partial charge in [-0.2, -0.15) is 0 Å². The molecule has 0 spiro atoms. The van der Waals surface area contributed by atoms with E-state index in [0.29, 0.717) is 47.9 Å². The number of fused-ring (bicyclic) bond motifs is 4. The van der Waals surface area contributed by atoms with Crippen LogP contribution in [-0.4, -0.2) is 68.7 Å². The van der Waals surface area contributed by atoms with Crippen LogP contribution in [0.15, 0.2) is 53.4 Å². The smallest absolute Gasteiger partial charge is 0.254 e. The van der Waals surface area contributed by atoms with E-state index in [9.17, 15) is 9.59 Å². The van der Waals surface area contributed by atoms with Crippen LogP contribution >= 0.6 is 0 Å². The number of nitrogens with zero attached hydrogens (tertiary/aromatic N) is 6. The molecule has 208 valence electrons. The van der Waals surface area contributed by atoms with Crippen LogP contribution in [0.5, 0.6) is 0 Å². The van der Waals surface area contributed by atoms with Gasteiger partial charge in [0.05, 0.1) is 41.3 Å². The summed E-state index contributed by atoms with van der Waals surface area (Å²) in [6, 6.07) is 9.81. The number of furan rings is 1. The largest absolute Gasteiger partial charge is 0.445 e. The summed E-state index contributed by atoms with van der Waals surface area (Å²) < 4.78 is 7.51.